The zero-order valence-corrected chi connectivity index (χ0v) is 30.5. The third-order valence-electron chi connectivity index (χ3n) is 7.17. The summed E-state index contributed by atoms with van der Waals surface area (Å²) in [6.45, 7) is 18.6. The van der Waals surface area contributed by atoms with Crippen molar-refractivity contribution < 1.29 is 48.9 Å². The number of rotatable bonds is 10. The SMILES string of the molecule is CCCC(C)(C)C(=O)N(c1ccc(F)[c-]c1F)C(C)C.CCCC(C)(C)C(=O)N(c1ccc(F)[c-]c1F)C(C)C.[C-]1=CC=CC1.[Ti+3]. The fraction of sp³-hybridized carbons (Fsp3) is 0.514. The van der Waals surface area contributed by atoms with E-state index in [0.717, 1.165) is 31.4 Å². The Bertz CT molecular complexity index is 1220. The Morgan fingerprint density at radius 3 is 1.33 bits per heavy atom. The van der Waals surface area contributed by atoms with E-state index in [4.69, 9.17) is 0 Å². The average Bonchev–Trinajstić information content (AvgIpc) is 3.52. The van der Waals surface area contributed by atoms with Crippen molar-refractivity contribution in [3.8, 4) is 0 Å². The van der Waals surface area contributed by atoms with Gasteiger partial charge in [0.2, 0.25) is 11.8 Å². The Morgan fingerprint density at radius 2 is 1.11 bits per heavy atom. The first-order valence-corrected chi connectivity index (χ1v) is 15.5. The Morgan fingerprint density at radius 1 is 0.739 bits per heavy atom. The van der Waals surface area contributed by atoms with E-state index in [1.54, 1.807) is 0 Å². The molecule has 0 fully saturated rings. The number of allylic oxidation sites excluding steroid dienone is 4. The van der Waals surface area contributed by atoms with Crippen molar-refractivity contribution in [2.45, 2.75) is 113 Å². The number of benzene rings is 2. The molecular weight excluding hydrogens is 628 g/mol. The van der Waals surface area contributed by atoms with Crippen molar-refractivity contribution in [2.24, 2.45) is 10.8 Å². The minimum Gasteiger partial charge on any atom is -0.361 e. The molecule has 46 heavy (non-hydrogen) atoms. The molecule has 1 aliphatic carbocycles. The van der Waals surface area contributed by atoms with Gasteiger partial charge in [-0.1, -0.05) is 54.4 Å². The number of halogens is 4. The van der Waals surface area contributed by atoms with E-state index in [2.05, 4.69) is 12.2 Å². The molecule has 1 aliphatic rings. The van der Waals surface area contributed by atoms with E-state index in [1.807, 2.05) is 93.5 Å². The number of nitrogens with zero attached hydrogens (tertiary/aromatic N) is 2. The van der Waals surface area contributed by atoms with Crippen LogP contribution in [0.5, 0.6) is 0 Å². The molecule has 0 atom stereocenters. The smallest absolute Gasteiger partial charge is 0.361 e. The molecule has 0 saturated carbocycles. The molecule has 0 heterocycles. The second-order valence-corrected chi connectivity index (χ2v) is 12.8. The van der Waals surface area contributed by atoms with Crippen molar-refractivity contribution in [3.63, 3.8) is 0 Å². The van der Waals surface area contributed by atoms with Crippen LogP contribution in [0.25, 0.3) is 0 Å². The van der Waals surface area contributed by atoms with Gasteiger partial charge in [0.05, 0.1) is 0 Å². The van der Waals surface area contributed by atoms with Crippen LogP contribution in [-0.4, -0.2) is 23.9 Å². The maximum Gasteiger partial charge on any atom is 3.00 e. The van der Waals surface area contributed by atoms with Crippen molar-refractivity contribution >= 4 is 23.2 Å². The number of carbonyl (C=O) groups is 2. The fourth-order valence-corrected chi connectivity index (χ4v) is 4.94. The standard InChI is InChI=1S/2C16H22F2NO.C5H5.Ti/c2*1-6-9-16(4,5)15(20)19(11(2)3)14-8-7-12(17)10-13(14)18;1-2-4-5-3-1;/h2*7-8,11H,6,9H2,1-5H3;1-3H,4H2;/q3*-1;+3. The van der Waals surface area contributed by atoms with Crippen LogP contribution in [0.1, 0.15) is 101 Å². The van der Waals surface area contributed by atoms with Crippen LogP contribution in [0.2, 0.25) is 0 Å². The van der Waals surface area contributed by atoms with Crippen molar-refractivity contribution in [3.05, 3.63) is 84.0 Å². The predicted octanol–water partition coefficient (Wildman–Crippen LogP) is 9.97. The number of amides is 2. The third-order valence-corrected chi connectivity index (χ3v) is 7.17. The molecule has 251 valence electrons. The molecule has 4 nitrogen and oxygen atoms in total. The molecule has 0 saturated heterocycles. The first-order chi connectivity index (χ1) is 20.9. The van der Waals surface area contributed by atoms with Crippen LogP contribution in [0, 0.1) is 52.3 Å². The zero-order chi connectivity index (χ0) is 34.5. The van der Waals surface area contributed by atoms with Gasteiger partial charge in [-0.05, 0) is 51.9 Å². The van der Waals surface area contributed by atoms with E-state index in [9.17, 15) is 27.2 Å². The van der Waals surface area contributed by atoms with Crippen LogP contribution in [-0.2, 0) is 31.3 Å². The van der Waals surface area contributed by atoms with Crippen LogP contribution in [0.4, 0.5) is 28.9 Å². The van der Waals surface area contributed by atoms with Crippen LogP contribution < -0.4 is 9.80 Å². The first-order valence-electron chi connectivity index (χ1n) is 15.5. The van der Waals surface area contributed by atoms with E-state index in [0.29, 0.717) is 12.8 Å². The molecule has 9 heteroatoms. The summed E-state index contributed by atoms with van der Waals surface area (Å²) >= 11 is 0. The molecule has 0 aliphatic heterocycles. The summed E-state index contributed by atoms with van der Waals surface area (Å²) in [5, 5.41) is 0. The molecule has 1 radical (unpaired) electrons. The molecule has 0 bridgehead atoms. The van der Waals surface area contributed by atoms with Crippen LogP contribution in [0.15, 0.2) is 42.5 Å². The monoisotopic (exact) mass is 677 g/mol. The zero-order valence-electron chi connectivity index (χ0n) is 29.0. The van der Waals surface area contributed by atoms with Crippen molar-refractivity contribution in [1.82, 2.24) is 0 Å². The maximum atomic E-state index is 13.9. The Kier molecular flexibility index (Phi) is 18.7. The van der Waals surface area contributed by atoms with Crippen LogP contribution in [0.3, 0.4) is 0 Å². The van der Waals surface area contributed by atoms with E-state index >= 15 is 0 Å². The van der Waals surface area contributed by atoms with Gasteiger partial charge in [0.15, 0.2) is 0 Å². The number of anilines is 2. The second kappa shape index (κ2) is 19.8. The third kappa shape index (κ3) is 12.8. The Hall–Kier alpha value is -2.71. The second-order valence-electron chi connectivity index (χ2n) is 12.8. The van der Waals surface area contributed by atoms with Gasteiger partial charge < -0.3 is 9.80 Å². The predicted molar refractivity (Wildman–Crippen MR) is 175 cm³/mol. The van der Waals surface area contributed by atoms with Gasteiger partial charge in [0.1, 0.15) is 0 Å². The molecule has 2 aromatic rings. The van der Waals surface area contributed by atoms with Gasteiger partial charge >= 0.3 is 21.7 Å². The fourth-order valence-electron chi connectivity index (χ4n) is 4.94. The normalized spacial score (nSPS) is 12.2. The Labute approximate surface area is 289 Å². The van der Waals surface area contributed by atoms with Gasteiger partial charge in [-0.25, -0.2) is 29.7 Å². The van der Waals surface area contributed by atoms with E-state index in [-0.39, 0.29) is 57.0 Å². The minimum absolute atomic E-state index is 0. The van der Waals surface area contributed by atoms with Gasteiger partial charge in [-0.15, -0.1) is 42.8 Å². The quantitative estimate of drug-likeness (QED) is 0.143. The van der Waals surface area contributed by atoms with E-state index < -0.39 is 34.1 Å². The maximum absolute atomic E-state index is 13.9. The molecular formula is C37H49F4N2O2Ti. The molecule has 2 aromatic carbocycles. The van der Waals surface area contributed by atoms with Crippen molar-refractivity contribution in [2.75, 3.05) is 9.80 Å². The topological polar surface area (TPSA) is 40.6 Å². The summed E-state index contributed by atoms with van der Waals surface area (Å²) in [4.78, 5) is 28.2. The Balaban J connectivity index is 0.000000747. The molecule has 0 unspecified atom stereocenters. The summed E-state index contributed by atoms with van der Waals surface area (Å²) in [5.74, 6) is -3.52. The summed E-state index contributed by atoms with van der Waals surface area (Å²) in [5.41, 5.74) is -1.01. The number of hydrogen-bond donors (Lipinski definition) is 0. The number of hydrogen-bond acceptors (Lipinski definition) is 2. The van der Waals surface area contributed by atoms with E-state index in [1.165, 1.54) is 21.9 Å². The number of carbonyl (C=O) groups excluding carboxylic acids is 2. The summed E-state index contributed by atoms with van der Waals surface area (Å²) in [6, 6.07) is 8.36. The molecule has 0 spiro atoms. The molecule has 3 rings (SSSR count). The van der Waals surface area contributed by atoms with Gasteiger partial charge in [-0.2, -0.15) is 6.08 Å². The van der Waals surface area contributed by atoms with Gasteiger partial charge in [0.25, 0.3) is 0 Å². The first kappa shape index (κ1) is 43.3. The van der Waals surface area contributed by atoms with Gasteiger partial charge in [0, 0.05) is 46.2 Å². The van der Waals surface area contributed by atoms with Crippen LogP contribution >= 0.6 is 0 Å². The largest absolute Gasteiger partial charge is 3.00 e. The minimum atomic E-state index is -0.834. The molecule has 2 amide bonds. The molecule has 0 aromatic heterocycles. The summed E-state index contributed by atoms with van der Waals surface area (Å²) in [7, 11) is 0. The summed E-state index contributed by atoms with van der Waals surface area (Å²) < 4.78 is 53.7. The summed E-state index contributed by atoms with van der Waals surface area (Å²) in [6.07, 6.45) is 13.1. The molecule has 0 N–H and O–H groups in total. The van der Waals surface area contributed by atoms with Gasteiger partial charge in [-0.3, -0.25) is 15.7 Å². The van der Waals surface area contributed by atoms with Crippen molar-refractivity contribution in [1.29, 1.82) is 0 Å². The average molecular weight is 678 g/mol.